The van der Waals surface area contributed by atoms with Crippen LogP contribution in [0.3, 0.4) is 0 Å². The summed E-state index contributed by atoms with van der Waals surface area (Å²) in [7, 11) is 0. The summed E-state index contributed by atoms with van der Waals surface area (Å²) in [5.74, 6) is 1.17. The molecule has 0 saturated carbocycles. The summed E-state index contributed by atoms with van der Waals surface area (Å²) in [6.07, 6.45) is 8.29. The van der Waals surface area contributed by atoms with Gasteiger partial charge < -0.3 is 0 Å². The second-order valence-corrected chi connectivity index (χ2v) is 5.87. The molecular formula is C15H16N2S2. The molecule has 0 unspecified atom stereocenters. The van der Waals surface area contributed by atoms with E-state index in [-0.39, 0.29) is 0 Å². The third-order valence-corrected chi connectivity index (χ3v) is 4.04. The largest absolute Gasteiger partial charge is 0.262 e. The van der Waals surface area contributed by atoms with E-state index in [1.807, 2.05) is 37.3 Å². The first kappa shape index (κ1) is 14.0. The minimum atomic E-state index is 0.300. The van der Waals surface area contributed by atoms with E-state index >= 15 is 0 Å². The van der Waals surface area contributed by atoms with Gasteiger partial charge in [0.1, 0.15) is 0 Å². The fourth-order valence-electron chi connectivity index (χ4n) is 1.67. The molecule has 1 aliphatic carbocycles. The van der Waals surface area contributed by atoms with Gasteiger partial charge in [-0.2, -0.15) is 5.10 Å². The number of hydrogen-bond donors (Lipinski definition) is 1. The highest BCUT2D eigenvalue weighted by Crippen LogP contribution is 2.13. The highest BCUT2D eigenvalue weighted by atomic mass is 32.2. The van der Waals surface area contributed by atoms with Crippen molar-refractivity contribution in [3.05, 3.63) is 60.2 Å². The number of hydrazone groups is 1. The van der Waals surface area contributed by atoms with Crippen molar-refractivity contribution in [3.8, 4) is 0 Å². The molecule has 0 atom stereocenters. The maximum Gasteiger partial charge on any atom is 0.154 e. The number of nitrogens with one attached hydrogen (secondary N) is 1. The molecule has 0 heterocycles. The van der Waals surface area contributed by atoms with Gasteiger partial charge in [-0.05, 0) is 12.5 Å². The molecule has 1 aromatic carbocycles. The Balaban J connectivity index is 1.77. The number of rotatable bonds is 4. The predicted octanol–water partition coefficient (Wildman–Crippen LogP) is 3.91. The third kappa shape index (κ3) is 4.65. The van der Waals surface area contributed by atoms with Gasteiger partial charge in [-0.25, -0.2) is 0 Å². The van der Waals surface area contributed by atoms with Crippen molar-refractivity contribution in [2.24, 2.45) is 11.0 Å². The zero-order valence-electron chi connectivity index (χ0n) is 10.7. The third-order valence-electron chi connectivity index (χ3n) is 2.77. The first-order valence-corrected chi connectivity index (χ1v) is 7.51. The lowest BCUT2D eigenvalue weighted by atomic mass is 10.1. The fourth-order valence-corrected chi connectivity index (χ4v) is 2.50. The Morgan fingerprint density at radius 3 is 2.63 bits per heavy atom. The summed E-state index contributed by atoms with van der Waals surface area (Å²) in [4.78, 5) is 0. The van der Waals surface area contributed by atoms with Crippen molar-refractivity contribution in [2.45, 2.75) is 12.7 Å². The summed E-state index contributed by atoms with van der Waals surface area (Å²) >= 11 is 6.85. The monoisotopic (exact) mass is 288 g/mol. The van der Waals surface area contributed by atoms with Gasteiger partial charge in [0.25, 0.3) is 0 Å². The molecule has 0 fully saturated rings. The minimum absolute atomic E-state index is 0.300. The SMILES string of the molecule is C/C(=N\NC(=S)SCc1ccccc1)C1C=CC=C1. The van der Waals surface area contributed by atoms with Crippen molar-refractivity contribution in [3.63, 3.8) is 0 Å². The summed E-state index contributed by atoms with van der Waals surface area (Å²) in [6.45, 7) is 2.00. The number of thiocarbonyl (C=S) groups is 1. The molecule has 0 bridgehead atoms. The van der Waals surface area contributed by atoms with E-state index in [2.05, 4.69) is 34.8 Å². The van der Waals surface area contributed by atoms with Crippen LogP contribution in [0.4, 0.5) is 0 Å². The van der Waals surface area contributed by atoms with E-state index in [0.29, 0.717) is 10.2 Å². The number of nitrogens with zero attached hydrogens (tertiary/aromatic N) is 1. The van der Waals surface area contributed by atoms with Crippen molar-refractivity contribution >= 4 is 34.0 Å². The Kier molecular flexibility index (Phi) is 5.36. The molecule has 4 heteroatoms. The quantitative estimate of drug-likeness (QED) is 0.516. The fraction of sp³-hybridized carbons (Fsp3) is 0.200. The van der Waals surface area contributed by atoms with Crippen LogP contribution in [0.25, 0.3) is 0 Å². The maximum atomic E-state index is 5.25. The highest BCUT2D eigenvalue weighted by Gasteiger charge is 2.07. The van der Waals surface area contributed by atoms with Crippen LogP contribution in [0.2, 0.25) is 0 Å². The van der Waals surface area contributed by atoms with Gasteiger partial charge in [-0.15, -0.1) is 0 Å². The summed E-state index contributed by atoms with van der Waals surface area (Å²) < 4.78 is 0.703. The van der Waals surface area contributed by atoms with Crippen molar-refractivity contribution in [2.75, 3.05) is 0 Å². The van der Waals surface area contributed by atoms with Crippen LogP contribution in [-0.2, 0) is 5.75 Å². The normalized spacial score (nSPS) is 14.9. The van der Waals surface area contributed by atoms with Gasteiger partial charge in [-0.3, -0.25) is 5.43 Å². The van der Waals surface area contributed by atoms with Gasteiger partial charge in [0, 0.05) is 17.4 Å². The molecule has 0 amide bonds. The molecule has 98 valence electrons. The molecule has 0 radical (unpaired) electrons. The zero-order chi connectivity index (χ0) is 13.5. The van der Waals surface area contributed by atoms with E-state index in [0.717, 1.165) is 11.5 Å². The van der Waals surface area contributed by atoms with Gasteiger partial charge in [0.05, 0.1) is 0 Å². The summed E-state index contributed by atoms with van der Waals surface area (Å²) in [5, 5.41) is 4.32. The van der Waals surface area contributed by atoms with E-state index < -0.39 is 0 Å². The molecule has 2 rings (SSSR count). The smallest absolute Gasteiger partial charge is 0.154 e. The second-order valence-electron chi connectivity index (χ2n) is 4.22. The van der Waals surface area contributed by atoms with Gasteiger partial charge >= 0.3 is 0 Å². The molecule has 0 saturated heterocycles. The van der Waals surface area contributed by atoms with Gasteiger partial charge in [0.2, 0.25) is 0 Å². The van der Waals surface area contributed by atoms with Crippen LogP contribution in [0, 0.1) is 5.92 Å². The Bertz CT molecular complexity index is 506. The molecular weight excluding hydrogens is 272 g/mol. The van der Waals surface area contributed by atoms with Crippen molar-refractivity contribution in [1.29, 1.82) is 0 Å². The lowest BCUT2D eigenvalue weighted by Gasteiger charge is -2.07. The predicted molar refractivity (Wildman–Crippen MR) is 88.3 cm³/mol. The topological polar surface area (TPSA) is 24.4 Å². The van der Waals surface area contributed by atoms with Crippen LogP contribution in [-0.4, -0.2) is 10.0 Å². The average molecular weight is 288 g/mol. The van der Waals surface area contributed by atoms with E-state index in [9.17, 15) is 0 Å². The molecule has 1 N–H and O–H groups in total. The van der Waals surface area contributed by atoms with Gasteiger partial charge in [0.15, 0.2) is 4.32 Å². The minimum Gasteiger partial charge on any atom is -0.262 e. The standard InChI is InChI=1S/C15H16N2S2/c1-12(14-9-5-6-10-14)16-17-15(18)19-11-13-7-3-2-4-8-13/h2-10,14H,11H2,1H3,(H,17,18)/b16-12+. The second kappa shape index (κ2) is 7.26. The van der Waals surface area contributed by atoms with Crippen LogP contribution < -0.4 is 5.43 Å². The number of benzene rings is 1. The van der Waals surface area contributed by atoms with Crippen molar-refractivity contribution in [1.82, 2.24) is 5.43 Å². The Morgan fingerprint density at radius 2 is 1.95 bits per heavy atom. The van der Waals surface area contributed by atoms with Crippen LogP contribution in [0.1, 0.15) is 12.5 Å². The molecule has 2 nitrogen and oxygen atoms in total. The molecule has 0 spiro atoms. The lowest BCUT2D eigenvalue weighted by molar-refractivity contribution is 1.01. The van der Waals surface area contributed by atoms with E-state index in [1.165, 1.54) is 5.56 Å². The molecule has 1 aromatic rings. The van der Waals surface area contributed by atoms with E-state index in [4.69, 9.17) is 12.2 Å². The number of thioether (sulfide) groups is 1. The number of allylic oxidation sites excluding steroid dienone is 4. The Labute approximate surface area is 123 Å². The zero-order valence-corrected chi connectivity index (χ0v) is 12.4. The maximum absolute atomic E-state index is 5.25. The first-order chi connectivity index (χ1) is 9.25. The Morgan fingerprint density at radius 1 is 1.26 bits per heavy atom. The van der Waals surface area contributed by atoms with Crippen molar-refractivity contribution < 1.29 is 0 Å². The molecule has 0 aromatic heterocycles. The summed E-state index contributed by atoms with van der Waals surface area (Å²) in [5.41, 5.74) is 5.23. The van der Waals surface area contributed by atoms with Crippen LogP contribution in [0.15, 0.2) is 59.7 Å². The summed E-state index contributed by atoms with van der Waals surface area (Å²) in [6, 6.07) is 10.3. The van der Waals surface area contributed by atoms with Crippen LogP contribution >= 0.6 is 24.0 Å². The lowest BCUT2D eigenvalue weighted by Crippen LogP contribution is -2.16. The van der Waals surface area contributed by atoms with Gasteiger partial charge in [-0.1, -0.05) is 78.6 Å². The highest BCUT2D eigenvalue weighted by molar-refractivity contribution is 8.22. The molecule has 0 aliphatic heterocycles. The average Bonchev–Trinajstić information content (AvgIpc) is 2.98. The van der Waals surface area contributed by atoms with E-state index in [1.54, 1.807) is 11.8 Å². The Hall–Kier alpha value is -1.39. The molecule has 1 aliphatic rings. The first-order valence-electron chi connectivity index (χ1n) is 6.11. The number of hydrogen-bond acceptors (Lipinski definition) is 3. The van der Waals surface area contributed by atoms with Crippen LogP contribution in [0.5, 0.6) is 0 Å². The molecule has 19 heavy (non-hydrogen) atoms.